The van der Waals surface area contributed by atoms with Crippen molar-refractivity contribution in [3.63, 3.8) is 0 Å². The zero-order valence-corrected chi connectivity index (χ0v) is 17.3. The monoisotopic (exact) mass is 437 g/mol. The predicted octanol–water partition coefficient (Wildman–Crippen LogP) is 5.17. The number of halogens is 1. The van der Waals surface area contributed by atoms with Gasteiger partial charge in [0.25, 0.3) is 0 Å². The van der Waals surface area contributed by atoms with Crippen molar-refractivity contribution in [2.45, 2.75) is 31.3 Å². The van der Waals surface area contributed by atoms with E-state index in [1.165, 1.54) is 30.4 Å². The highest BCUT2D eigenvalue weighted by atomic mass is 79.9. The first-order valence-corrected chi connectivity index (χ1v) is 10.9. The molecule has 2 aromatic carbocycles. The van der Waals surface area contributed by atoms with Crippen LogP contribution in [0.15, 0.2) is 64.6 Å². The Balaban J connectivity index is 1.35. The Morgan fingerprint density at radius 2 is 1.89 bits per heavy atom. The van der Waals surface area contributed by atoms with Crippen LogP contribution in [0.4, 0.5) is 0 Å². The Hall–Kier alpha value is -1.91. The lowest BCUT2D eigenvalue weighted by molar-refractivity contribution is -0.0150. The third kappa shape index (κ3) is 3.33. The Morgan fingerprint density at radius 3 is 2.68 bits per heavy atom. The minimum atomic E-state index is -0.204. The van der Waals surface area contributed by atoms with Crippen molar-refractivity contribution in [1.82, 2.24) is 4.90 Å². The van der Waals surface area contributed by atoms with E-state index in [9.17, 15) is 4.79 Å². The summed E-state index contributed by atoms with van der Waals surface area (Å²) < 4.78 is 6.89. The molecule has 0 N–H and O–H groups in total. The lowest BCUT2D eigenvalue weighted by Gasteiger charge is -2.51. The van der Waals surface area contributed by atoms with Gasteiger partial charge >= 0.3 is 5.97 Å². The Bertz CT molecular complexity index is 893. The van der Waals surface area contributed by atoms with E-state index in [2.05, 4.69) is 51.2 Å². The zero-order valence-electron chi connectivity index (χ0n) is 15.8. The fourth-order valence-electron chi connectivity index (χ4n) is 5.40. The van der Waals surface area contributed by atoms with Gasteiger partial charge in [0.2, 0.25) is 0 Å². The van der Waals surface area contributed by atoms with Crippen LogP contribution in [-0.4, -0.2) is 36.1 Å². The van der Waals surface area contributed by atoms with E-state index in [1.54, 1.807) is 0 Å². The van der Waals surface area contributed by atoms with Gasteiger partial charge in [0.05, 0.1) is 12.2 Å². The van der Waals surface area contributed by atoms with Crippen molar-refractivity contribution in [2.75, 3.05) is 13.2 Å². The van der Waals surface area contributed by atoms with Gasteiger partial charge in [-0.1, -0.05) is 57.9 Å². The molecule has 0 aliphatic carbocycles. The summed E-state index contributed by atoms with van der Waals surface area (Å²) in [6.45, 7) is 1.59. The smallest absolute Gasteiger partial charge is 0.338 e. The second-order valence-corrected chi connectivity index (χ2v) is 9.13. The number of hydrogen-bond acceptors (Lipinski definition) is 3. The second-order valence-electron chi connectivity index (χ2n) is 8.21. The molecule has 4 saturated heterocycles. The van der Waals surface area contributed by atoms with Crippen molar-refractivity contribution in [3.8, 4) is 0 Å². The van der Waals surface area contributed by atoms with Crippen molar-refractivity contribution >= 4 is 28.0 Å². The molecule has 3 nitrogen and oxygen atoms in total. The first kappa shape index (κ1) is 18.1. The van der Waals surface area contributed by atoms with Crippen LogP contribution in [0.2, 0.25) is 0 Å². The number of fused-ring (bicyclic) bond motifs is 1. The summed E-state index contributed by atoms with van der Waals surface area (Å²) in [4.78, 5) is 15.1. The van der Waals surface area contributed by atoms with E-state index in [0.717, 1.165) is 17.1 Å². The van der Waals surface area contributed by atoms with Crippen LogP contribution >= 0.6 is 15.9 Å². The highest BCUT2D eigenvalue weighted by molar-refractivity contribution is 9.10. The Kier molecular flexibility index (Phi) is 4.85. The second kappa shape index (κ2) is 7.49. The molecular weight excluding hydrogens is 414 g/mol. The van der Waals surface area contributed by atoms with Crippen LogP contribution in [0.5, 0.6) is 0 Å². The van der Waals surface area contributed by atoms with Crippen LogP contribution < -0.4 is 0 Å². The van der Waals surface area contributed by atoms with Gasteiger partial charge in [-0.15, -0.1) is 0 Å². The molecule has 4 bridgehead atoms. The fraction of sp³-hybridized carbons (Fsp3) is 0.375. The number of rotatable bonds is 4. The van der Waals surface area contributed by atoms with E-state index < -0.39 is 0 Å². The van der Waals surface area contributed by atoms with Crippen molar-refractivity contribution in [1.29, 1.82) is 0 Å². The molecule has 1 unspecified atom stereocenters. The predicted molar refractivity (Wildman–Crippen MR) is 114 cm³/mol. The van der Waals surface area contributed by atoms with Gasteiger partial charge in [-0.2, -0.15) is 0 Å². The minimum Gasteiger partial charge on any atom is -0.462 e. The fourth-order valence-corrected chi connectivity index (χ4v) is 5.66. The quantitative estimate of drug-likeness (QED) is 0.617. The summed E-state index contributed by atoms with van der Waals surface area (Å²) in [6.07, 6.45) is 6.08. The summed E-state index contributed by atoms with van der Waals surface area (Å²) in [5.41, 5.74) is 3.38. The molecule has 0 aromatic heterocycles. The summed E-state index contributed by atoms with van der Waals surface area (Å²) >= 11 is 3.51. The maximum Gasteiger partial charge on any atom is 0.338 e. The molecule has 0 radical (unpaired) electrons. The molecule has 4 aliphatic heterocycles. The van der Waals surface area contributed by atoms with Crippen LogP contribution in [0.3, 0.4) is 0 Å². The van der Waals surface area contributed by atoms with Crippen LogP contribution in [0, 0.1) is 11.8 Å². The van der Waals surface area contributed by atoms with Crippen LogP contribution in [0.1, 0.15) is 35.2 Å². The maximum absolute atomic E-state index is 12.4. The minimum absolute atomic E-state index is 0.204. The number of esters is 1. The van der Waals surface area contributed by atoms with Crippen molar-refractivity contribution < 1.29 is 9.53 Å². The highest BCUT2D eigenvalue weighted by Gasteiger charge is 2.52. The van der Waals surface area contributed by atoms with E-state index >= 15 is 0 Å². The van der Waals surface area contributed by atoms with Gasteiger partial charge in [0.1, 0.15) is 0 Å². The van der Waals surface area contributed by atoms with Crippen molar-refractivity contribution in [3.05, 3.63) is 75.8 Å². The molecular formula is C24H24BrNO2. The number of carbonyl (C=O) groups excluding carboxylic acids is 1. The lowest BCUT2D eigenvalue weighted by Crippen LogP contribution is -2.57. The summed E-state index contributed by atoms with van der Waals surface area (Å²) in [7, 11) is 0. The van der Waals surface area contributed by atoms with E-state index in [4.69, 9.17) is 4.74 Å². The molecule has 5 atom stereocenters. The van der Waals surface area contributed by atoms with Gasteiger partial charge in [-0.3, -0.25) is 4.90 Å². The average Bonchev–Trinajstić information content (AvgIpc) is 3.05. The van der Waals surface area contributed by atoms with Gasteiger partial charge in [-0.05, 0) is 55.0 Å². The number of nitrogens with zero attached hydrogens (tertiary/aromatic N) is 1. The van der Waals surface area contributed by atoms with Crippen LogP contribution in [-0.2, 0) is 4.74 Å². The third-order valence-electron chi connectivity index (χ3n) is 6.71. The van der Waals surface area contributed by atoms with E-state index in [1.807, 2.05) is 30.3 Å². The number of carbonyl (C=O) groups is 1. The molecule has 4 aliphatic rings. The first-order chi connectivity index (χ1) is 13.7. The number of hydrogen-bond donors (Lipinski definition) is 0. The van der Waals surface area contributed by atoms with Gasteiger partial charge in [-0.25, -0.2) is 4.79 Å². The molecule has 4 heterocycles. The van der Waals surface area contributed by atoms with Gasteiger partial charge in [0.15, 0.2) is 0 Å². The number of benzene rings is 2. The highest BCUT2D eigenvalue weighted by Crippen LogP contribution is 2.50. The topological polar surface area (TPSA) is 29.5 Å². The molecule has 4 fully saturated rings. The zero-order chi connectivity index (χ0) is 19.1. The summed E-state index contributed by atoms with van der Waals surface area (Å²) in [5.74, 6) is 0.724. The number of piperidine rings is 3. The summed E-state index contributed by atoms with van der Waals surface area (Å²) in [6, 6.07) is 19.1. The molecule has 144 valence electrons. The SMILES string of the molecule is O=C(OC[C@H]1[C@@H]2C[C@@H]3CC[C@H]1N3C/C2=C\c1ccc(Br)cc1)c1ccccc1. The molecule has 4 heteroatoms. The Morgan fingerprint density at radius 1 is 1.11 bits per heavy atom. The van der Waals surface area contributed by atoms with E-state index in [-0.39, 0.29) is 5.97 Å². The lowest BCUT2D eigenvalue weighted by atomic mass is 9.71. The van der Waals surface area contributed by atoms with E-state index in [0.29, 0.717) is 30.0 Å². The first-order valence-electron chi connectivity index (χ1n) is 10.1. The van der Waals surface area contributed by atoms with Crippen molar-refractivity contribution in [2.24, 2.45) is 11.8 Å². The summed E-state index contributed by atoms with van der Waals surface area (Å²) in [5, 5.41) is 0. The standard InChI is InChI=1S/C24H24BrNO2/c25-19-8-6-16(7-9-19)12-18-14-26-20-10-11-23(26)22(21(18)13-20)15-28-24(27)17-4-2-1-3-5-17/h1-9,12,20-23H,10-11,13-15H2/b18-12+/t20-,21+,22-,23+/m0/s1. The molecule has 0 spiro atoms. The molecule has 0 saturated carbocycles. The molecule has 2 aromatic rings. The van der Waals surface area contributed by atoms with Gasteiger partial charge < -0.3 is 4.74 Å². The van der Waals surface area contributed by atoms with Gasteiger partial charge in [0, 0.05) is 29.0 Å². The average molecular weight is 438 g/mol. The normalized spacial score (nSPS) is 31.9. The molecule has 0 amide bonds. The largest absolute Gasteiger partial charge is 0.462 e. The third-order valence-corrected chi connectivity index (χ3v) is 7.24. The maximum atomic E-state index is 12.4. The molecule has 6 rings (SSSR count). The molecule has 28 heavy (non-hydrogen) atoms. The number of ether oxygens (including phenoxy) is 1. The Labute approximate surface area is 174 Å². The van der Waals surface area contributed by atoms with Crippen LogP contribution in [0.25, 0.3) is 6.08 Å².